The van der Waals surface area contributed by atoms with Gasteiger partial charge in [0.15, 0.2) is 17.3 Å². The molecule has 0 saturated carbocycles. The SMILES string of the molecule is CCNc1ccc(-n2cc(-c3cnc(C(=O)Nc4ccc(C(=O)N5CCN(C(=O)C6CCN(C(=O)O)CC6)CC5)c(Cl)c4)n3C)c(C(F)(F)F)n2)nc1. The summed E-state index contributed by atoms with van der Waals surface area (Å²) in [6.45, 7) is 4.37. The standard InChI is InChI=1S/C34H36ClF3N10O5/c1-3-39-22-5-7-27(40-17-22)48-19-24(28(43-48)34(36,37)38)26-18-41-29(44(26)2)30(49)42-21-4-6-23(25(35)16-21)32(51)46-14-12-45(13-15-46)31(50)20-8-10-47(11-9-20)33(52)53/h4-7,16-20,39H,3,8-15H2,1-2H3,(H,42,49)(H,52,53). The molecule has 0 bridgehead atoms. The van der Waals surface area contributed by atoms with E-state index in [2.05, 4.69) is 25.7 Å². The Hall–Kier alpha value is -5.65. The van der Waals surface area contributed by atoms with Crippen LogP contribution in [0.5, 0.6) is 0 Å². The molecule has 280 valence electrons. The Bertz CT molecular complexity index is 2020. The Morgan fingerprint density at radius 3 is 2.21 bits per heavy atom. The van der Waals surface area contributed by atoms with Crippen molar-refractivity contribution in [3.8, 4) is 17.1 Å². The van der Waals surface area contributed by atoms with Gasteiger partial charge in [0.1, 0.15) is 0 Å². The second-order valence-corrected chi connectivity index (χ2v) is 13.0. The average Bonchev–Trinajstić information content (AvgIpc) is 3.76. The first-order valence-electron chi connectivity index (χ1n) is 16.8. The highest BCUT2D eigenvalue weighted by molar-refractivity contribution is 6.34. The maximum absolute atomic E-state index is 14.1. The summed E-state index contributed by atoms with van der Waals surface area (Å²) in [5.41, 5.74) is -0.386. The minimum Gasteiger partial charge on any atom is -0.465 e. The maximum Gasteiger partial charge on any atom is 0.435 e. The number of rotatable bonds is 8. The first-order chi connectivity index (χ1) is 25.2. The summed E-state index contributed by atoms with van der Waals surface area (Å²) >= 11 is 6.49. The zero-order valence-electron chi connectivity index (χ0n) is 28.7. The molecule has 53 heavy (non-hydrogen) atoms. The van der Waals surface area contributed by atoms with E-state index < -0.39 is 23.9 Å². The van der Waals surface area contributed by atoms with Crippen molar-refractivity contribution in [3.05, 3.63) is 71.0 Å². The van der Waals surface area contributed by atoms with Gasteiger partial charge in [-0.2, -0.15) is 18.3 Å². The van der Waals surface area contributed by atoms with Crippen LogP contribution in [0.25, 0.3) is 17.1 Å². The van der Waals surface area contributed by atoms with Crippen LogP contribution in [-0.2, 0) is 18.0 Å². The molecule has 19 heteroatoms. The number of halogens is 4. The molecule has 6 rings (SSSR count). The molecular formula is C34H36ClF3N10O5. The lowest BCUT2D eigenvalue weighted by Gasteiger charge is -2.38. The van der Waals surface area contributed by atoms with Gasteiger partial charge in [0, 0.05) is 70.7 Å². The first-order valence-corrected chi connectivity index (χ1v) is 17.2. The number of imidazole rings is 1. The van der Waals surface area contributed by atoms with Crippen molar-refractivity contribution in [3.63, 3.8) is 0 Å². The summed E-state index contributed by atoms with van der Waals surface area (Å²) in [4.78, 5) is 63.7. The van der Waals surface area contributed by atoms with Gasteiger partial charge in [0.2, 0.25) is 5.91 Å². The highest BCUT2D eigenvalue weighted by Gasteiger charge is 2.39. The number of carbonyl (C=O) groups is 4. The smallest absolute Gasteiger partial charge is 0.435 e. The number of piperidine rings is 1. The van der Waals surface area contributed by atoms with Crippen LogP contribution in [0, 0.1) is 5.92 Å². The predicted molar refractivity (Wildman–Crippen MR) is 187 cm³/mol. The summed E-state index contributed by atoms with van der Waals surface area (Å²) in [6.07, 6.45) is -1.08. The lowest BCUT2D eigenvalue weighted by Crippen LogP contribution is -2.53. The van der Waals surface area contributed by atoms with Gasteiger partial charge in [-0.25, -0.2) is 19.4 Å². The van der Waals surface area contributed by atoms with Crippen LogP contribution < -0.4 is 10.6 Å². The van der Waals surface area contributed by atoms with Gasteiger partial charge in [-0.1, -0.05) is 11.6 Å². The number of aromatic nitrogens is 5. The first kappa shape index (κ1) is 37.1. The van der Waals surface area contributed by atoms with Crippen LogP contribution in [0.3, 0.4) is 0 Å². The fourth-order valence-corrected chi connectivity index (χ4v) is 6.68. The molecule has 0 atom stereocenters. The second-order valence-electron chi connectivity index (χ2n) is 12.6. The molecule has 0 radical (unpaired) electrons. The summed E-state index contributed by atoms with van der Waals surface area (Å²) in [5.74, 6) is -1.41. The van der Waals surface area contributed by atoms with Crippen molar-refractivity contribution in [1.29, 1.82) is 0 Å². The minimum absolute atomic E-state index is 0.0117. The van der Waals surface area contributed by atoms with E-state index in [0.29, 0.717) is 51.3 Å². The number of carboxylic acid groups (broad SMARTS) is 1. The zero-order chi connectivity index (χ0) is 38.0. The number of likely N-dealkylation sites (tertiary alicyclic amines) is 1. The molecule has 4 aromatic rings. The third-order valence-electron chi connectivity index (χ3n) is 9.26. The quantitative estimate of drug-likeness (QED) is 0.231. The number of alkyl halides is 3. The minimum atomic E-state index is -4.82. The largest absolute Gasteiger partial charge is 0.465 e. The van der Waals surface area contributed by atoms with E-state index in [1.54, 1.807) is 15.9 Å². The number of carbonyl (C=O) groups excluding carboxylic acids is 3. The molecule has 0 spiro atoms. The van der Waals surface area contributed by atoms with Crippen LogP contribution in [0.15, 0.2) is 48.9 Å². The molecule has 2 aliphatic rings. The Labute approximate surface area is 306 Å². The van der Waals surface area contributed by atoms with E-state index in [1.807, 2.05) is 6.92 Å². The van der Waals surface area contributed by atoms with Gasteiger partial charge >= 0.3 is 12.3 Å². The number of hydrogen-bond donors (Lipinski definition) is 3. The molecule has 3 N–H and O–H groups in total. The average molecular weight is 757 g/mol. The van der Waals surface area contributed by atoms with Crippen molar-refractivity contribution in [2.24, 2.45) is 13.0 Å². The van der Waals surface area contributed by atoms with Gasteiger partial charge in [0.25, 0.3) is 11.8 Å². The second kappa shape index (κ2) is 15.1. The summed E-state index contributed by atoms with van der Waals surface area (Å²) in [6, 6.07) is 7.53. The highest BCUT2D eigenvalue weighted by Crippen LogP contribution is 2.37. The highest BCUT2D eigenvalue weighted by atomic mass is 35.5. The van der Waals surface area contributed by atoms with Gasteiger partial charge < -0.3 is 35.0 Å². The molecule has 2 aliphatic heterocycles. The summed E-state index contributed by atoms with van der Waals surface area (Å²) < 4.78 is 44.6. The third kappa shape index (κ3) is 7.91. The van der Waals surface area contributed by atoms with Gasteiger partial charge in [-0.3, -0.25) is 14.4 Å². The number of amides is 4. The molecule has 15 nitrogen and oxygen atoms in total. The number of nitrogens with zero attached hydrogens (tertiary/aromatic N) is 8. The van der Waals surface area contributed by atoms with Crippen LogP contribution in [0.4, 0.5) is 29.3 Å². The maximum atomic E-state index is 14.1. The Balaban J connectivity index is 1.10. The monoisotopic (exact) mass is 756 g/mol. The Morgan fingerprint density at radius 2 is 1.60 bits per heavy atom. The van der Waals surface area contributed by atoms with Gasteiger partial charge in [-0.15, -0.1) is 0 Å². The van der Waals surface area contributed by atoms with Gasteiger partial charge in [0.05, 0.1) is 39.9 Å². The number of nitrogens with one attached hydrogen (secondary N) is 2. The zero-order valence-corrected chi connectivity index (χ0v) is 29.5. The molecule has 2 saturated heterocycles. The van der Waals surface area contributed by atoms with Crippen LogP contribution in [0.2, 0.25) is 5.02 Å². The number of benzene rings is 1. The third-order valence-corrected chi connectivity index (χ3v) is 9.58. The van der Waals surface area contributed by atoms with E-state index in [0.717, 1.165) is 10.9 Å². The van der Waals surface area contributed by atoms with E-state index in [9.17, 15) is 32.3 Å². The van der Waals surface area contributed by atoms with Crippen molar-refractivity contribution in [2.45, 2.75) is 25.9 Å². The fourth-order valence-electron chi connectivity index (χ4n) is 6.42. The molecule has 3 aromatic heterocycles. The van der Waals surface area contributed by atoms with Crippen LogP contribution in [0.1, 0.15) is 46.4 Å². The number of piperazine rings is 1. The van der Waals surface area contributed by atoms with E-state index >= 15 is 0 Å². The molecule has 5 heterocycles. The number of pyridine rings is 1. The van der Waals surface area contributed by atoms with Crippen molar-refractivity contribution < 1.29 is 37.5 Å². The summed E-state index contributed by atoms with van der Waals surface area (Å²) in [7, 11) is 1.41. The van der Waals surface area contributed by atoms with E-state index in [-0.39, 0.29) is 70.0 Å². The lowest BCUT2D eigenvalue weighted by molar-refractivity contribution is -0.141. The fraction of sp³-hybridized carbons (Fsp3) is 0.382. The topological polar surface area (TPSA) is 171 Å². The molecule has 1 aromatic carbocycles. The predicted octanol–water partition coefficient (Wildman–Crippen LogP) is 4.70. The normalized spacial score (nSPS) is 15.4. The molecular weight excluding hydrogens is 721 g/mol. The number of anilines is 2. The summed E-state index contributed by atoms with van der Waals surface area (Å²) in [5, 5.41) is 18.7. The molecule has 0 aliphatic carbocycles. The van der Waals surface area contributed by atoms with E-state index in [4.69, 9.17) is 16.7 Å². The Morgan fingerprint density at radius 1 is 0.925 bits per heavy atom. The number of hydrogen-bond acceptors (Lipinski definition) is 8. The molecule has 0 unspecified atom stereocenters. The van der Waals surface area contributed by atoms with E-state index in [1.165, 1.54) is 53.2 Å². The van der Waals surface area contributed by atoms with Crippen molar-refractivity contribution in [2.75, 3.05) is 56.4 Å². The van der Waals surface area contributed by atoms with Gasteiger partial charge in [-0.05, 0) is 50.1 Å². The van der Waals surface area contributed by atoms with Crippen LogP contribution in [-0.4, -0.2) is 114 Å². The molecule has 2 fully saturated rings. The van der Waals surface area contributed by atoms with Crippen LogP contribution >= 0.6 is 11.6 Å². The Kier molecular flexibility index (Phi) is 10.6. The molecule has 4 amide bonds. The van der Waals surface area contributed by atoms with Crippen molar-refractivity contribution in [1.82, 2.24) is 39.0 Å². The van der Waals surface area contributed by atoms with Crippen molar-refractivity contribution >= 4 is 46.8 Å². The lowest BCUT2D eigenvalue weighted by atomic mass is 9.95.